The minimum absolute atomic E-state index is 0.0325. The molecular formula is C45H62N2O10. The van der Waals surface area contributed by atoms with Gasteiger partial charge in [0.1, 0.15) is 30.2 Å². The zero-order valence-electron chi connectivity index (χ0n) is 33.8. The van der Waals surface area contributed by atoms with Gasteiger partial charge in [-0.05, 0) is 113 Å². The summed E-state index contributed by atoms with van der Waals surface area (Å²) < 4.78 is 32.6. The van der Waals surface area contributed by atoms with Crippen molar-refractivity contribution < 1.29 is 48.0 Å². The molecule has 5 aliphatic heterocycles. The van der Waals surface area contributed by atoms with Crippen LogP contribution in [0.15, 0.2) is 16.7 Å². The van der Waals surface area contributed by atoms with Crippen LogP contribution in [0.4, 0.5) is 0 Å². The number of cyclic esters (lactones) is 2. The normalized spacial score (nSPS) is 51.4. The molecule has 16 atom stereocenters. The lowest BCUT2D eigenvalue weighted by atomic mass is 9.33. The van der Waals surface area contributed by atoms with Gasteiger partial charge in [-0.3, -0.25) is 9.59 Å². The Morgan fingerprint density at radius 1 is 0.912 bits per heavy atom. The Morgan fingerprint density at radius 2 is 1.72 bits per heavy atom. The van der Waals surface area contributed by atoms with E-state index in [4.69, 9.17) is 23.4 Å². The first-order valence-electron chi connectivity index (χ1n) is 22.5. The number of hydrogen-bond donors (Lipinski definition) is 4. The summed E-state index contributed by atoms with van der Waals surface area (Å²) in [6.45, 7) is 7.94. The Hall–Kier alpha value is -2.35. The van der Waals surface area contributed by atoms with Crippen molar-refractivity contribution in [2.75, 3.05) is 19.8 Å². The maximum atomic E-state index is 15.2. The predicted octanol–water partition coefficient (Wildman–Crippen LogP) is 4.53. The lowest BCUT2D eigenvalue weighted by Gasteiger charge is -2.70. The lowest BCUT2D eigenvalue weighted by molar-refractivity contribution is -0.275. The molecule has 5 aliphatic carbocycles. The van der Waals surface area contributed by atoms with Gasteiger partial charge < -0.3 is 44.2 Å². The van der Waals surface area contributed by atoms with Crippen molar-refractivity contribution in [1.82, 2.24) is 10.6 Å². The van der Waals surface area contributed by atoms with Gasteiger partial charge in [-0.1, -0.05) is 26.2 Å². The Bertz CT molecular complexity index is 1820. The third-order valence-electron chi connectivity index (χ3n) is 18.6. The summed E-state index contributed by atoms with van der Waals surface area (Å²) in [5.41, 5.74) is -4.09. The number of carbonyl (C=O) groups excluding carboxylic acids is 3. The monoisotopic (exact) mass is 790 g/mol. The van der Waals surface area contributed by atoms with E-state index < -0.39 is 69.9 Å². The molecule has 10 aliphatic rings. The number of aliphatic hydroxyl groups is 2. The number of furan rings is 1. The SMILES string of the molecule is CC1(C)O[C@H]2CC(=O)OC[C@@]23[C@@H]1C(=O)[C@@H](O)[C@]1(C2CCCCC2)[C@@H]3CC[C@@]2(C)[C@H](c3ccoc3C[C@@H]3[C@H]4CC[C@@H]([C@H]5CNCN5)C[C@H]4CC[C@H]3O)OC(=O)[C@H]3O[C@@]312. The highest BCUT2D eigenvalue weighted by atomic mass is 16.7. The van der Waals surface area contributed by atoms with Gasteiger partial charge in [0.25, 0.3) is 0 Å². The van der Waals surface area contributed by atoms with Crippen molar-refractivity contribution in [3.05, 3.63) is 23.7 Å². The van der Waals surface area contributed by atoms with Gasteiger partial charge >= 0.3 is 11.9 Å². The first kappa shape index (κ1) is 37.6. The van der Waals surface area contributed by atoms with Crippen LogP contribution in [0.2, 0.25) is 0 Å². The molecule has 0 bridgehead atoms. The number of epoxide rings is 1. The zero-order valence-corrected chi connectivity index (χ0v) is 33.8. The van der Waals surface area contributed by atoms with E-state index in [2.05, 4.69) is 17.6 Å². The summed E-state index contributed by atoms with van der Waals surface area (Å²) in [6.07, 6.45) is 9.40. The summed E-state index contributed by atoms with van der Waals surface area (Å²) >= 11 is 0. The molecule has 5 saturated heterocycles. The number of fused-ring (bicyclic) bond motifs is 2. The van der Waals surface area contributed by atoms with Crippen molar-refractivity contribution in [2.45, 2.75) is 158 Å². The minimum Gasteiger partial charge on any atom is -0.469 e. The van der Waals surface area contributed by atoms with Crippen LogP contribution in [-0.2, 0) is 39.8 Å². The number of ether oxygens (including phenoxy) is 4. The van der Waals surface area contributed by atoms with Crippen molar-refractivity contribution in [2.24, 2.45) is 57.7 Å². The van der Waals surface area contributed by atoms with Gasteiger partial charge in [0.2, 0.25) is 0 Å². The Morgan fingerprint density at radius 3 is 2.51 bits per heavy atom. The summed E-state index contributed by atoms with van der Waals surface area (Å²) in [7, 11) is 0. The quantitative estimate of drug-likeness (QED) is 0.243. The Labute approximate surface area is 335 Å². The van der Waals surface area contributed by atoms with Gasteiger partial charge in [-0.2, -0.15) is 0 Å². The molecule has 2 spiro atoms. The van der Waals surface area contributed by atoms with Crippen molar-refractivity contribution in [1.29, 1.82) is 0 Å². The van der Waals surface area contributed by atoms with E-state index >= 15 is 4.79 Å². The number of aliphatic hydroxyl groups excluding tert-OH is 2. The summed E-state index contributed by atoms with van der Waals surface area (Å²) in [5, 5.41) is 31.8. The van der Waals surface area contributed by atoms with Gasteiger partial charge in [-0.15, -0.1) is 0 Å². The third-order valence-corrected chi connectivity index (χ3v) is 18.6. The molecule has 0 amide bonds. The smallest absolute Gasteiger partial charge is 0.339 e. The highest BCUT2D eigenvalue weighted by Crippen LogP contribution is 2.82. The summed E-state index contributed by atoms with van der Waals surface area (Å²) in [5.74, 6) is 0.246. The predicted molar refractivity (Wildman–Crippen MR) is 203 cm³/mol. The van der Waals surface area contributed by atoms with Crippen LogP contribution in [0.25, 0.3) is 0 Å². The molecule has 5 saturated carbocycles. The first-order valence-corrected chi connectivity index (χ1v) is 22.5. The number of esters is 2. The molecule has 0 unspecified atom stereocenters. The van der Waals surface area contributed by atoms with Crippen molar-refractivity contribution in [3.8, 4) is 0 Å². The fourth-order valence-electron chi connectivity index (χ4n) is 16.6. The average Bonchev–Trinajstić information content (AvgIpc) is 3.46. The Balaban J connectivity index is 0.984. The van der Waals surface area contributed by atoms with Gasteiger partial charge in [0, 0.05) is 47.5 Å². The van der Waals surface area contributed by atoms with E-state index in [1.165, 1.54) is 6.42 Å². The molecule has 1 aromatic heterocycles. The van der Waals surface area contributed by atoms with Crippen molar-refractivity contribution in [3.63, 3.8) is 0 Å². The second-order valence-electron chi connectivity index (χ2n) is 21.0. The largest absolute Gasteiger partial charge is 0.469 e. The maximum Gasteiger partial charge on any atom is 0.339 e. The van der Waals surface area contributed by atoms with Crippen LogP contribution in [0.5, 0.6) is 0 Å². The van der Waals surface area contributed by atoms with Gasteiger partial charge in [0.15, 0.2) is 11.9 Å². The van der Waals surface area contributed by atoms with Crippen LogP contribution in [0.3, 0.4) is 0 Å². The highest BCUT2D eigenvalue weighted by Gasteiger charge is 2.92. The molecule has 0 aromatic carbocycles. The molecule has 4 N–H and O–H groups in total. The van der Waals surface area contributed by atoms with E-state index in [9.17, 15) is 19.8 Å². The third kappa shape index (κ3) is 4.80. The summed E-state index contributed by atoms with van der Waals surface area (Å²) in [4.78, 5) is 42.6. The number of Topliss-reactive ketones (excluding diaryl/α,β-unsaturated/α-hetero) is 1. The second-order valence-corrected chi connectivity index (χ2v) is 21.0. The number of rotatable bonds is 5. The number of nitrogens with one attached hydrogen (secondary N) is 2. The Kier molecular flexibility index (Phi) is 8.47. The molecule has 312 valence electrons. The maximum absolute atomic E-state index is 15.2. The minimum atomic E-state index is -1.39. The van der Waals surface area contributed by atoms with Gasteiger partial charge in [0.05, 0.1) is 36.4 Å². The van der Waals surface area contributed by atoms with E-state index in [0.717, 1.165) is 82.3 Å². The van der Waals surface area contributed by atoms with Crippen LogP contribution in [0, 0.1) is 57.7 Å². The first-order chi connectivity index (χ1) is 27.4. The topological polar surface area (TPSA) is 169 Å². The molecule has 12 heteroatoms. The second kappa shape index (κ2) is 12.8. The number of hydrogen-bond acceptors (Lipinski definition) is 12. The van der Waals surface area contributed by atoms with E-state index in [1.807, 2.05) is 19.9 Å². The van der Waals surface area contributed by atoms with Crippen molar-refractivity contribution >= 4 is 17.7 Å². The van der Waals surface area contributed by atoms with Gasteiger partial charge in [-0.25, -0.2) is 4.79 Å². The molecule has 12 nitrogen and oxygen atoms in total. The molecule has 11 rings (SSSR count). The van der Waals surface area contributed by atoms with Crippen LogP contribution in [0.1, 0.15) is 122 Å². The fraction of sp³-hybridized carbons (Fsp3) is 0.844. The summed E-state index contributed by atoms with van der Waals surface area (Å²) in [6, 6.07) is 2.45. The zero-order chi connectivity index (χ0) is 39.3. The van der Waals surface area contributed by atoms with Crippen LogP contribution < -0.4 is 10.6 Å². The standard InChI is InChI=1S/C45H62N2O10/c1-41(2)36-35(50)37(51)44(25-7-5-4-6-8-25)32(43(36)21-54-34(49)19-33(43)56-41)13-15-42(3)38(55-40(52)39-45(42,44)57-39)27-14-16-53-31(27)18-28-26-11-9-24(29-20-46-22-47-29)17-23(26)10-12-30(28)48/h14,16,23-26,28-30,32-33,36-39,46-48,51H,4-13,15,17-22H2,1-3H3/t23-,24-,26+,28-,29-,30-,32-,33+,36-,37-,38+,39-,42+,43+,44+,45-/m1/s1. The van der Waals surface area contributed by atoms with E-state index in [0.29, 0.717) is 43.1 Å². The molecule has 1 aromatic rings. The molecular weight excluding hydrogens is 728 g/mol. The van der Waals surface area contributed by atoms with E-state index in [-0.39, 0.29) is 42.5 Å². The molecule has 10 fully saturated rings. The number of carbonyl (C=O) groups is 3. The lowest BCUT2D eigenvalue weighted by Crippen LogP contribution is -2.79. The molecule has 0 radical (unpaired) electrons. The van der Waals surface area contributed by atoms with Crippen LogP contribution >= 0.6 is 0 Å². The fourth-order valence-corrected chi connectivity index (χ4v) is 16.6. The van der Waals surface area contributed by atoms with Crippen LogP contribution in [-0.4, -0.2) is 89.4 Å². The van der Waals surface area contributed by atoms with E-state index in [1.54, 1.807) is 6.26 Å². The average molecular weight is 791 g/mol. The number of ketones is 1. The molecule has 57 heavy (non-hydrogen) atoms. The highest BCUT2D eigenvalue weighted by molar-refractivity contribution is 5.92. The molecule has 6 heterocycles.